The Hall–Kier alpha value is -1.11. The number of nitrogens with one attached hydrogen (secondary N) is 2. The minimum Gasteiger partial charge on any atom is -0.382 e. The van der Waals surface area contributed by atoms with Crippen LogP contribution in [0.3, 0.4) is 0 Å². The molecule has 0 aromatic heterocycles. The topological polar surface area (TPSA) is 61.4 Å². The monoisotopic (exact) mass is 309 g/mol. The van der Waals surface area contributed by atoms with E-state index in [1.165, 1.54) is 26.6 Å². The van der Waals surface area contributed by atoms with Gasteiger partial charge >= 0.3 is 0 Å². The maximum atomic E-state index is 11.9. The lowest BCUT2D eigenvalue weighted by Gasteiger charge is -2.32. The van der Waals surface area contributed by atoms with Gasteiger partial charge in [-0.3, -0.25) is 0 Å². The highest BCUT2D eigenvalue weighted by molar-refractivity contribution is 7.89. The van der Waals surface area contributed by atoms with Gasteiger partial charge in [-0.15, -0.1) is 0 Å². The quantitative estimate of drug-likeness (QED) is 0.883. The summed E-state index contributed by atoms with van der Waals surface area (Å²) in [5, 5.41) is 3.59. The number of sulfonamides is 1. The molecule has 2 aliphatic rings. The van der Waals surface area contributed by atoms with Crippen molar-refractivity contribution in [2.75, 3.05) is 32.0 Å². The summed E-state index contributed by atoms with van der Waals surface area (Å²) < 4.78 is 26.2. The van der Waals surface area contributed by atoms with Crippen LogP contribution in [0.2, 0.25) is 0 Å². The van der Waals surface area contributed by atoms with E-state index < -0.39 is 10.0 Å². The predicted octanol–water partition coefficient (Wildman–Crippen LogP) is 1.41. The van der Waals surface area contributed by atoms with Crippen LogP contribution in [0.25, 0.3) is 0 Å². The summed E-state index contributed by atoms with van der Waals surface area (Å²) >= 11 is 0. The Morgan fingerprint density at radius 3 is 2.76 bits per heavy atom. The zero-order chi connectivity index (χ0) is 15.0. The van der Waals surface area contributed by atoms with Gasteiger partial charge < -0.3 is 10.2 Å². The maximum absolute atomic E-state index is 11.9. The molecule has 0 amide bonds. The van der Waals surface area contributed by atoms with Crippen LogP contribution in [0.4, 0.5) is 5.69 Å². The van der Waals surface area contributed by atoms with Crippen molar-refractivity contribution in [3.8, 4) is 0 Å². The third-order valence-corrected chi connectivity index (χ3v) is 6.18. The fraction of sp³-hybridized carbons (Fsp3) is 0.600. The van der Waals surface area contributed by atoms with E-state index in [1.807, 2.05) is 13.0 Å². The van der Waals surface area contributed by atoms with Gasteiger partial charge in [-0.25, -0.2) is 13.1 Å². The second-order valence-electron chi connectivity index (χ2n) is 6.07. The Morgan fingerprint density at radius 1 is 1.24 bits per heavy atom. The molecule has 21 heavy (non-hydrogen) atoms. The highest BCUT2D eigenvalue weighted by Crippen LogP contribution is 2.31. The average molecular weight is 309 g/mol. The van der Waals surface area contributed by atoms with Crippen LogP contribution in [-0.4, -0.2) is 46.0 Å². The molecule has 2 bridgehead atoms. The molecule has 6 heteroatoms. The molecule has 0 radical (unpaired) electrons. The third-order valence-electron chi connectivity index (χ3n) is 4.76. The summed E-state index contributed by atoms with van der Waals surface area (Å²) in [6, 6.07) is 5.73. The van der Waals surface area contributed by atoms with Gasteiger partial charge in [0.05, 0.1) is 4.90 Å². The molecule has 5 nitrogen and oxygen atoms in total. The fourth-order valence-electron chi connectivity index (χ4n) is 3.38. The van der Waals surface area contributed by atoms with Crippen molar-refractivity contribution >= 4 is 15.7 Å². The zero-order valence-electron chi connectivity index (χ0n) is 12.6. The van der Waals surface area contributed by atoms with Crippen LogP contribution in [0.5, 0.6) is 0 Å². The number of hydrogen-bond acceptors (Lipinski definition) is 4. The molecule has 0 spiro atoms. The molecule has 2 aliphatic heterocycles. The molecule has 3 atom stereocenters. The summed E-state index contributed by atoms with van der Waals surface area (Å²) in [4.78, 5) is 2.83. The van der Waals surface area contributed by atoms with Crippen molar-refractivity contribution < 1.29 is 8.42 Å². The smallest absolute Gasteiger partial charge is 0.240 e. The number of piperidine rings is 1. The predicted molar refractivity (Wildman–Crippen MR) is 84.0 cm³/mol. The van der Waals surface area contributed by atoms with Crippen LogP contribution in [0.1, 0.15) is 18.4 Å². The van der Waals surface area contributed by atoms with Crippen LogP contribution in [0.15, 0.2) is 23.1 Å². The van der Waals surface area contributed by atoms with Crippen LogP contribution in [-0.2, 0) is 10.0 Å². The number of aryl methyl sites for hydroxylation is 1. The fourth-order valence-corrected chi connectivity index (χ4v) is 4.14. The number of fused-ring (bicyclic) bond motifs is 2. The van der Waals surface area contributed by atoms with Gasteiger partial charge in [0.25, 0.3) is 0 Å². The van der Waals surface area contributed by atoms with Gasteiger partial charge in [0, 0.05) is 24.8 Å². The zero-order valence-corrected chi connectivity index (χ0v) is 13.4. The molecule has 3 unspecified atom stereocenters. The van der Waals surface area contributed by atoms with Crippen molar-refractivity contribution in [2.24, 2.45) is 5.92 Å². The minimum absolute atomic E-state index is 0.321. The number of hydrogen-bond donors (Lipinski definition) is 2. The largest absolute Gasteiger partial charge is 0.382 e. The van der Waals surface area contributed by atoms with Crippen molar-refractivity contribution in [3.05, 3.63) is 23.8 Å². The molecular formula is C15H23N3O2S. The second kappa shape index (κ2) is 5.59. The lowest BCUT2D eigenvalue weighted by atomic mass is 9.93. The van der Waals surface area contributed by atoms with Crippen LogP contribution < -0.4 is 10.0 Å². The molecule has 0 saturated carbocycles. The Bertz CT molecular complexity index is 630. The summed E-state index contributed by atoms with van der Waals surface area (Å²) in [6.45, 7) is 5.53. The normalized spacial score (nSPS) is 28.6. The van der Waals surface area contributed by atoms with Gasteiger partial charge in [-0.1, -0.05) is 6.07 Å². The number of rotatable bonds is 4. The van der Waals surface area contributed by atoms with E-state index in [-0.39, 0.29) is 0 Å². The van der Waals surface area contributed by atoms with E-state index in [0.29, 0.717) is 16.9 Å². The highest BCUT2D eigenvalue weighted by Gasteiger charge is 2.34. The van der Waals surface area contributed by atoms with Gasteiger partial charge in [-0.2, -0.15) is 0 Å². The Morgan fingerprint density at radius 2 is 2.00 bits per heavy atom. The van der Waals surface area contributed by atoms with E-state index in [4.69, 9.17) is 0 Å². The summed E-state index contributed by atoms with van der Waals surface area (Å²) in [5.74, 6) is 0.683. The standard InChI is InChI=1S/C15H23N3O2S/c1-11-3-4-13(21(19,20)16-2)9-15(11)17-14-6-8-18-7-5-12(14)10-18/h3-4,9,12,14,16-17H,5-8,10H2,1-2H3. The molecule has 0 aliphatic carbocycles. The number of anilines is 1. The van der Waals surface area contributed by atoms with Crippen molar-refractivity contribution in [1.82, 2.24) is 9.62 Å². The molecule has 3 rings (SSSR count). The van der Waals surface area contributed by atoms with E-state index in [9.17, 15) is 8.42 Å². The maximum Gasteiger partial charge on any atom is 0.240 e. The van der Waals surface area contributed by atoms with Crippen molar-refractivity contribution in [1.29, 1.82) is 0 Å². The van der Waals surface area contributed by atoms with Gasteiger partial charge in [0.1, 0.15) is 0 Å². The number of benzene rings is 1. The Balaban J connectivity index is 1.83. The van der Waals surface area contributed by atoms with Gasteiger partial charge in [0.2, 0.25) is 10.0 Å². The lowest BCUT2D eigenvalue weighted by Crippen LogP contribution is -2.39. The molecule has 1 aromatic carbocycles. The van der Waals surface area contributed by atoms with Crippen LogP contribution in [0, 0.1) is 12.8 Å². The summed E-state index contributed by atoms with van der Waals surface area (Å²) in [5.41, 5.74) is 2.03. The molecule has 2 fully saturated rings. The van der Waals surface area contributed by atoms with E-state index in [0.717, 1.165) is 24.2 Å². The van der Waals surface area contributed by atoms with Crippen molar-refractivity contribution in [3.63, 3.8) is 0 Å². The van der Waals surface area contributed by atoms with E-state index in [1.54, 1.807) is 12.1 Å². The first kappa shape index (κ1) is 14.8. The molecule has 1 aromatic rings. The summed E-state index contributed by atoms with van der Waals surface area (Å²) in [7, 11) is -1.95. The Kier molecular flexibility index (Phi) is 3.94. The first-order chi connectivity index (χ1) is 9.99. The number of nitrogens with zero attached hydrogens (tertiary/aromatic N) is 1. The first-order valence-corrected chi connectivity index (χ1v) is 9.01. The lowest BCUT2D eigenvalue weighted by molar-refractivity contribution is 0.255. The first-order valence-electron chi connectivity index (χ1n) is 7.53. The second-order valence-corrected chi connectivity index (χ2v) is 7.96. The highest BCUT2D eigenvalue weighted by atomic mass is 32.2. The SMILES string of the molecule is CNS(=O)(=O)c1ccc(C)c(NC2CCN3CCC2C3)c1. The minimum atomic E-state index is -3.39. The van der Waals surface area contributed by atoms with Gasteiger partial charge in [0.15, 0.2) is 0 Å². The van der Waals surface area contributed by atoms with Crippen molar-refractivity contribution in [2.45, 2.75) is 30.7 Å². The summed E-state index contributed by atoms with van der Waals surface area (Å²) in [6.07, 6.45) is 2.37. The van der Waals surface area contributed by atoms with Crippen LogP contribution >= 0.6 is 0 Å². The van der Waals surface area contributed by atoms with E-state index >= 15 is 0 Å². The molecule has 2 N–H and O–H groups in total. The van der Waals surface area contributed by atoms with E-state index in [2.05, 4.69) is 14.9 Å². The average Bonchev–Trinajstić information content (AvgIpc) is 2.86. The third kappa shape index (κ3) is 2.93. The Labute approximate surface area is 126 Å². The molecule has 116 valence electrons. The molecule has 2 saturated heterocycles. The molecular weight excluding hydrogens is 286 g/mol. The molecule has 2 heterocycles. The van der Waals surface area contributed by atoms with Gasteiger partial charge in [-0.05, 0) is 57.0 Å².